The van der Waals surface area contributed by atoms with Crippen LogP contribution in [0.5, 0.6) is 0 Å². The van der Waals surface area contributed by atoms with E-state index in [0.717, 1.165) is 19.6 Å². The van der Waals surface area contributed by atoms with Crippen molar-refractivity contribution in [3.05, 3.63) is 42.4 Å². The summed E-state index contributed by atoms with van der Waals surface area (Å²) in [5.41, 5.74) is 6.57. The third-order valence-corrected chi connectivity index (χ3v) is 6.57. The second kappa shape index (κ2) is 9.35. The maximum absolute atomic E-state index is 14.5. The largest absolute Gasteiger partial charge is 0.461 e. The molecule has 3 N–H and O–H groups in total. The number of piperazine rings is 1. The van der Waals surface area contributed by atoms with E-state index in [0.29, 0.717) is 53.5 Å². The van der Waals surface area contributed by atoms with Gasteiger partial charge < -0.3 is 20.4 Å². The zero-order valence-corrected chi connectivity index (χ0v) is 19.3. The van der Waals surface area contributed by atoms with Gasteiger partial charge in [-0.25, -0.2) is 4.39 Å². The molecule has 1 atom stereocenters. The van der Waals surface area contributed by atoms with Crippen LogP contribution in [0.4, 0.5) is 22.0 Å². The van der Waals surface area contributed by atoms with Crippen molar-refractivity contribution >= 4 is 34.2 Å². The summed E-state index contributed by atoms with van der Waals surface area (Å²) in [6.07, 6.45) is 3.09. The molecule has 0 aliphatic carbocycles. The predicted molar refractivity (Wildman–Crippen MR) is 127 cm³/mol. The summed E-state index contributed by atoms with van der Waals surface area (Å²) in [7, 11) is -1.20. The average molecular weight is 486 g/mol. The number of fused-ring (bicyclic) bond motifs is 1. The second-order valence-corrected chi connectivity index (χ2v) is 9.23. The summed E-state index contributed by atoms with van der Waals surface area (Å²) in [6, 6.07) is 8.30. The number of halogens is 1. The quantitative estimate of drug-likeness (QED) is 0.397. The molecule has 0 unspecified atom stereocenters. The van der Waals surface area contributed by atoms with E-state index in [1.165, 1.54) is 10.6 Å². The van der Waals surface area contributed by atoms with Crippen LogP contribution in [0.3, 0.4) is 0 Å². The van der Waals surface area contributed by atoms with Crippen LogP contribution in [0.2, 0.25) is 0 Å². The van der Waals surface area contributed by atoms with Crippen molar-refractivity contribution < 1.29 is 13.0 Å². The summed E-state index contributed by atoms with van der Waals surface area (Å²) < 4.78 is 32.7. The number of nitrogen functional groups attached to an aromatic ring is 1. The van der Waals surface area contributed by atoms with Crippen LogP contribution in [0.1, 0.15) is 0 Å². The van der Waals surface area contributed by atoms with Gasteiger partial charge in [0.1, 0.15) is 5.82 Å². The number of nitrogens with two attached hydrogens (primary N) is 1. The van der Waals surface area contributed by atoms with Gasteiger partial charge >= 0.3 is 0 Å². The van der Waals surface area contributed by atoms with Crippen LogP contribution in [-0.2, 0) is 10.8 Å². The van der Waals surface area contributed by atoms with Gasteiger partial charge in [-0.1, -0.05) is 0 Å². The summed E-state index contributed by atoms with van der Waals surface area (Å²) in [4.78, 5) is 17.8. The highest BCUT2D eigenvalue weighted by molar-refractivity contribution is 7.84. The maximum atomic E-state index is 14.5. The minimum absolute atomic E-state index is 0.173. The Kier molecular flexibility index (Phi) is 6.11. The Labute approximate surface area is 197 Å². The van der Waals surface area contributed by atoms with Crippen molar-refractivity contribution in [2.75, 3.05) is 61.5 Å². The van der Waals surface area contributed by atoms with Crippen molar-refractivity contribution in [3.8, 4) is 11.6 Å². The first-order valence-electron chi connectivity index (χ1n) is 10.8. The molecular weight excluding hydrogens is 461 g/mol. The molecule has 0 radical (unpaired) electrons. The van der Waals surface area contributed by atoms with Crippen LogP contribution in [0.25, 0.3) is 17.4 Å². The van der Waals surface area contributed by atoms with Crippen LogP contribution in [0, 0.1) is 5.82 Å². The molecule has 1 aliphatic rings. The third kappa shape index (κ3) is 4.56. The lowest BCUT2D eigenvalue weighted by atomic mass is 10.2. The van der Waals surface area contributed by atoms with Gasteiger partial charge in [-0.05, 0) is 30.3 Å². The van der Waals surface area contributed by atoms with Gasteiger partial charge in [0, 0.05) is 61.2 Å². The molecule has 1 saturated heterocycles. The fourth-order valence-corrected chi connectivity index (χ4v) is 4.38. The van der Waals surface area contributed by atoms with Gasteiger partial charge in [-0.15, -0.1) is 5.10 Å². The molecule has 1 aliphatic heterocycles. The first-order chi connectivity index (χ1) is 16.5. The molecule has 5 rings (SSSR count). The number of rotatable bonds is 7. The Morgan fingerprint density at radius 3 is 2.71 bits per heavy atom. The summed E-state index contributed by atoms with van der Waals surface area (Å²) >= 11 is 0. The van der Waals surface area contributed by atoms with Gasteiger partial charge in [0.15, 0.2) is 5.76 Å². The van der Waals surface area contributed by atoms with Crippen LogP contribution in [0.15, 0.2) is 45.9 Å². The van der Waals surface area contributed by atoms with Crippen molar-refractivity contribution in [1.82, 2.24) is 29.5 Å². The highest BCUT2D eigenvalue weighted by atomic mass is 32.2. The molecule has 1 fully saturated rings. The van der Waals surface area contributed by atoms with Gasteiger partial charge in [0.05, 0.1) is 12.0 Å². The van der Waals surface area contributed by atoms with Crippen molar-refractivity contribution in [1.29, 1.82) is 0 Å². The molecule has 0 spiro atoms. The van der Waals surface area contributed by atoms with E-state index < -0.39 is 10.8 Å². The van der Waals surface area contributed by atoms with Crippen molar-refractivity contribution in [2.24, 2.45) is 0 Å². The topological polar surface area (TPSA) is 131 Å². The minimum Gasteiger partial charge on any atom is -0.461 e. The van der Waals surface area contributed by atoms with Gasteiger partial charge in [0.25, 0.3) is 5.78 Å². The van der Waals surface area contributed by atoms with E-state index >= 15 is 0 Å². The highest BCUT2D eigenvalue weighted by Gasteiger charge is 2.20. The molecule has 178 valence electrons. The molecule has 3 aromatic heterocycles. The first-order valence-corrected chi connectivity index (χ1v) is 12.3. The number of anilines is 3. The summed E-state index contributed by atoms with van der Waals surface area (Å²) in [5.74, 6) is 1.44. The smallest absolute Gasteiger partial charge is 0.259 e. The number of hydrogen-bond acceptors (Lipinski definition) is 10. The van der Waals surface area contributed by atoms with Gasteiger partial charge in [-0.3, -0.25) is 9.11 Å². The highest BCUT2D eigenvalue weighted by Crippen LogP contribution is 2.23. The average Bonchev–Trinajstić information content (AvgIpc) is 3.50. The number of benzene rings is 1. The molecular formula is C21H24FN9O2S. The number of nitrogens with zero attached hydrogens (tertiary/aromatic N) is 7. The van der Waals surface area contributed by atoms with E-state index in [1.54, 1.807) is 36.8 Å². The standard InChI is InChI=1S/C21H24FN9O2S/c1-34(32)14-4-5-16(15(22)13-14)30-10-8-29(9-11-30)7-6-24-20-26-19(23)31-21(27-20)25-18(28-31)17-3-2-12-33-17/h2-5,12-13H,6-11H2,1H3,(H3,23,24,25,26,27,28)/t34-/m0/s1. The number of aromatic nitrogens is 5. The van der Waals surface area contributed by atoms with Gasteiger partial charge in [-0.2, -0.15) is 19.5 Å². The Morgan fingerprint density at radius 2 is 2.00 bits per heavy atom. The van der Waals surface area contributed by atoms with Crippen LogP contribution < -0.4 is 16.0 Å². The summed E-state index contributed by atoms with van der Waals surface area (Å²) in [5, 5.41) is 7.47. The van der Waals surface area contributed by atoms with E-state index in [2.05, 4.69) is 30.3 Å². The fraction of sp³-hybridized carbons (Fsp3) is 0.333. The minimum atomic E-state index is -1.20. The van der Waals surface area contributed by atoms with Crippen molar-refractivity contribution in [3.63, 3.8) is 0 Å². The van der Waals surface area contributed by atoms with E-state index in [9.17, 15) is 8.60 Å². The lowest BCUT2D eigenvalue weighted by molar-refractivity contribution is 0.266. The Morgan fingerprint density at radius 1 is 1.18 bits per heavy atom. The lowest BCUT2D eigenvalue weighted by Crippen LogP contribution is -2.48. The fourth-order valence-electron chi connectivity index (χ4n) is 3.86. The molecule has 0 amide bonds. The Hall–Kier alpha value is -3.58. The number of furan rings is 1. The first kappa shape index (κ1) is 22.2. The lowest BCUT2D eigenvalue weighted by Gasteiger charge is -2.36. The van der Waals surface area contributed by atoms with E-state index in [1.807, 2.05) is 4.90 Å². The monoisotopic (exact) mass is 485 g/mol. The molecule has 4 heterocycles. The Bertz CT molecular complexity index is 1320. The van der Waals surface area contributed by atoms with Gasteiger partial charge in [0.2, 0.25) is 17.7 Å². The predicted octanol–water partition coefficient (Wildman–Crippen LogP) is 1.47. The zero-order chi connectivity index (χ0) is 23.7. The normalized spacial score (nSPS) is 15.6. The second-order valence-electron chi connectivity index (χ2n) is 7.85. The Balaban J connectivity index is 1.15. The van der Waals surface area contributed by atoms with E-state index in [4.69, 9.17) is 10.2 Å². The van der Waals surface area contributed by atoms with Crippen LogP contribution >= 0.6 is 0 Å². The molecule has 13 heteroatoms. The third-order valence-electron chi connectivity index (χ3n) is 5.65. The molecule has 0 bridgehead atoms. The molecule has 1 aromatic carbocycles. The summed E-state index contributed by atoms with van der Waals surface area (Å²) in [6.45, 7) is 4.37. The number of hydrogen-bond donors (Lipinski definition) is 2. The SMILES string of the molecule is C[S@](=O)c1ccc(N2CCN(CCNc3nc(N)n4nc(-c5ccco5)nc4n3)CC2)c(F)c1. The molecule has 0 saturated carbocycles. The molecule has 34 heavy (non-hydrogen) atoms. The van der Waals surface area contributed by atoms with Crippen molar-refractivity contribution in [2.45, 2.75) is 4.90 Å². The number of nitrogens with one attached hydrogen (secondary N) is 1. The zero-order valence-electron chi connectivity index (χ0n) is 18.5. The molecule has 11 nitrogen and oxygen atoms in total. The molecule has 4 aromatic rings. The van der Waals surface area contributed by atoms with Crippen LogP contribution in [-0.4, -0.2) is 79.2 Å². The maximum Gasteiger partial charge on any atom is 0.259 e. The van der Waals surface area contributed by atoms with E-state index in [-0.39, 0.29) is 11.8 Å².